The summed E-state index contributed by atoms with van der Waals surface area (Å²) in [5, 5.41) is 10.2. The number of aromatic carboxylic acids is 1. The molecular formula is C26H34Cl3FN4O4S. The van der Waals surface area contributed by atoms with E-state index in [0.29, 0.717) is 28.7 Å². The van der Waals surface area contributed by atoms with E-state index in [9.17, 15) is 22.7 Å². The summed E-state index contributed by atoms with van der Waals surface area (Å²) in [6, 6.07) is 11.1. The minimum Gasteiger partial charge on any atom is -0.478 e. The monoisotopic (exact) mass is 622 g/mol. The molecule has 2 aromatic carbocycles. The van der Waals surface area contributed by atoms with Gasteiger partial charge in [0.25, 0.3) is 10.0 Å². The zero-order valence-electron chi connectivity index (χ0n) is 21.8. The molecule has 0 amide bonds. The van der Waals surface area contributed by atoms with E-state index < -0.39 is 21.8 Å². The molecule has 13 heteroatoms. The molecule has 216 valence electrons. The standard InChI is InChI=1S/C26H31FN4O4S.3ClH/c1-17(2)14-18(3)30-10-12-31(13-11-30)25-16-23(26(32)33)22-15-20(6-9-24(22)28-25)29-36(34,35)21-7-4-19(27)5-8-21;;;/h4-9,15-18,29H,10-14H2,1-3H3,(H,32,33);3*1H. The van der Waals surface area contributed by atoms with E-state index in [1.807, 2.05) is 0 Å². The minimum atomic E-state index is -3.97. The van der Waals surface area contributed by atoms with E-state index in [2.05, 4.69) is 35.3 Å². The molecule has 1 aliphatic rings. The number of hydrogen-bond acceptors (Lipinski definition) is 6. The number of fused-ring (bicyclic) bond motifs is 1. The topological polar surface area (TPSA) is 103 Å². The van der Waals surface area contributed by atoms with Crippen molar-refractivity contribution in [1.29, 1.82) is 0 Å². The van der Waals surface area contributed by atoms with Gasteiger partial charge < -0.3 is 10.0 Å². The number of anilines is 2. The summed E-state index contributed by atoms with van der Waals surface area (Å²) in [5.74, 6) is -0.440. The van der Waals surface area contributed by atoms with Gasteiger partial charge >= 0.3 is 5.97 Å². The van der Waals surface area contributed by atoms with E-state index in [4.69, 9.17) is 4.98 Å². The second kappa shape index (κ2) is 14.3. The maximum Gasteiger partial charge on any atom is 0.336 e. The van der Waals surface area contributed by atoms with Crippen molar-refractivity contribution in [2.75, 3.05) is 35.8 Å². The molecule has 1 unspecified atom stereocenters. The first-order valence-electron chi connectivity index (χ1n) is 12.0. The first-order valence-corrected chi connectivity index (χ1v) is 13.5. The number of carboxylic acid groups (broad SMARTS) is 1. The lowest BCUT2D eigenvalue weighted by Gasteiger charge is -2.39. The average molecular weight is 624 g/mol. The highest BCUT2D eigenvalue weighted by molar-refractivity contribution is 7.92. The molecule has 1 atom stereocenters. The van der Waals surface area contributed by atoms with Crippen molar-refractivity contribution in [3.05, 3.63) is 59.9 Å². The number of benzene rings is 2. The number of rotatable bonds is 8. The molecule has 39 heavy (non-hydrogen) atoms. The van der Waals surface area contributed by atoms with Gasteiger partial charge in [0, 0.05) is 43.3 Å². The Balaban J connectivity index is 0.00000253. The zero-order valence-corrected chi connectivity index (χ0v) is 25.1. The number of nitrogens with zero attached hydrogens (tertiary/aromatic N) is 3. The van der Waals surface area contributed by atoms with Gasteiger partial charge in [-0.15, -0.1) is 37.2 Å². The Morgan fingerprint density at radius 2 is 1.62 bits per heavy atom. The van der Waals surface area contributed by atoms with Crippen LogP contribution < -0.4 is 9.62 Å². The van der Waals surface area contributed by atoms with Crippen LogP contribution in [0.2, 0.25) is 0 Å². The highest BCUT2D eigenvalue weighted by atomic mass is 35.5. The summed E-state index contributed by atoms with van der Waals surface area (Å²) in [4.78, 5) is 21.3. The molecule has 0 aliphatic carbocycles. The van der Waals surface area contributed by atoms with E-state index in [-0.39, 0.29) is 53.4 Å². The van der Waals surface area contributed by atoms with Crippen LogP contribution in [-0.2, 0) is 10.0 Å². The van der Waals surface area contributed by atoms with Crippen LogP contribution in [0.5, 0.6) is 0 Å². The summed E-state index contributed by atoms with van der Waals surface area (Å²) in [7, 11) is -3.97. The molecule has 1 fully saturated rings. The summed E-state index contributed by atoms with van der Waals surface area (Å²) < 4.78 is 41.0. The Morgan fingerprint density at radius 1 is 1.00 bits per heavy atom. The fraction of sp³-hybridized carbons (Fsp3) is 0.385. The van der Waals surface area contributed by atoms with Gasteiger partial charge in [0.15, 0.2) is 0 Å². The lowest BCUT2D eigenvalue weighted by molar-refractivity contribution is 0.0699. The van der Waals surface area contributed by atoms with Gasteiger partial charge in [0.2, 0.25) is 0 Å². The van der Waals surface area contributed by atoms with Crippen LogP contribution in [0.4, 0.5) is 15.9 Å². The first kappa shape index (κ1) is 34.7. The van der Waals surface area contributed by atoms with Crippen molar-refractivity contribution in [3.63, 3.8) is 0 Å². The lowest BCUT2D eigenvalue weighted by Crippen LogP contribution is -2.50. The molecule has 4 rings (SSSR count). The first-order chi connectivity index (χ1) is 17.0. The van der Waals surface area contributed by atoms with Gasteiger partial charge in [-0.3, -0.25) is 9.62 Å². The Bertz CT molecular complexity index is 1370. The number of aromatic nitrogens is 1. The number of hydrogen-bond donors (Lipinski definition) is 2. The van der Waals surface area contributed by atoms with Crippen LogP contribution in [0.15, 0.2) is 53.4 Å². The van der Waals surface area contributed by atoms with Crippen LogP contribution >= 0.6 is 37.2 Å². The number of halogens is 4. The highest BCUT2D eigenvalue weighted by Crippen LogP contribution is 2.28. The Morgan fingerprint density at radius 3 is 2.18 bits per heavy atom. The van der Waals surface area contributed by atoms with E-state index in [1.165, 1.54) is 24.3 Å². The number of sulfonamides is 1. The maximum atomic E-state index is 13.2. The lowest BCUT2D eigenvalue weighted by atomic mass is 10.0. The molecule has 1 saturated heterocycles. The number of carbonyl (C=O) groups is 1. The fourth-order valence-electron chi connectivity index (χ4n) is 4.67. The summed E-state index contributed by atoms with van der Waals surface area (Å²) in [6.45, 7) is 9.93. The smallest absolute Gasteiger partial charge is 0.336 e. The van der Waals surface area contributed by atoms with Crippen molar-refractivity contribution < 1.29 is 22.7 Å². The van der Waals surface area contributed by atoms with Gasteiger partial charge in [-0.25, -0.2) is 22.6 Å². The molecule has 0 radical (unpaired) electrons. The zero-order chi connectivity index (χ0) is 26.0. The fourth-order valence-corrected chi connectivity index (χ4v) is 5.71. The average Bonchev–Trinajstić information content (AvgIpc) is 2.83. The number of piperazine rings is 1. The van der Waals surface area contributed by atoms with Crippen molar-refractivity contribution >= 4 is 75.6 Å². The van der Waals surface area contributed by atoms with Crippen molar-refractivity contribution in [2.45, 2.75) is 38.1 Å². The number of pyridine rings is 1. The third-order valence-corrected chi connectivity index (χ3v) is 7.87. The van der Waals surface area contributed by atoms with Gasteiger partial charge in [-0.1, -0.05) is 13.8 Å². The van der Waals surface area contributed by atoms with Crippen LogP contribution in [0.25, 0.3) is 10.9 Å². The Hall–Kier alpha value is -2.37. The molecule has 2 heterocycles. The predicted octanol–water partition coefficient (Wildman–Crippen LogP) is 5.69. The van der Waals surface area contributed by atoms with E-state index in [0.717, 1.165) is 44.7 Å². The number of carboxylic acids is 1. The summed E-state index contributed by atoms with van der Waals surface area (Å²) in [5.41, 5.74) is 0.704. The van der Waals surface area contributed by atoms with Gasteiger partial charge in [-0.05, 0) is 67.8 Å². The molecule has 1 aliphatic heterocycles. The molecule has 1 aromatic heterocycles. The van der Waals surface area contributed by atoms with Crippen molar-refractivity contribution in [1.82, 2.24) is 9.88 Å². The van der Waals surface area contributed by atoms with Gasteiger partial charge in [0.05, 0.1) is 16.0 Å². The Labute approximate surface area is 247 Å². The second-order valence-corrected chi connectivity index (χ2v) is 11.3. The van der Waals surface area contributed by atoms with Crippen molar-refractivity contribution in [3.8, 4) is 0 Å². The normalized spacial score (nSPS) is 14.6. The Kier molecular flexibility index (Phi) is 12.7. The maximum absolute atomic E-state index is 13.2. The third-order valence-electron chi connectivity index (χ3n) is 6.48. The van der Waals surface area contributed by atoms with Gasteiger partial charge in [-0.2, -0.15) is 0 Å². The second-order valence-electron chi connectivity index (χ2n) is 9.63. The summed E-state index contributed by atoms with van der Waals surface area (Å²) in [6.07, 6.45) is 1.13. The SMILES string of the molecule is CC(C)CC(C)N1CCN(c2cc(C(=O)O)c3cc(NS(=O)(=O)c4ccc(F)cc4)ccc3n2)CC1.Cl.Cl.Cl. The summed E-state index contributed by atoms with van der Waals surface area (Å²) >= 11 is 0. The molecule has 3 aromatic rings. The molecule has 0 saturated carbocycles. The van der Waals surface area contributed by atoms with Crippen LogP contribution in [0, 0.1) is 11.7 Å². The van der Waals surface area contributed by atoms with Crippen molar-refractivity contribution in [2.24, 2.45) is 5.92 Å². The van der Waals surface area contributed by atoms with Crippen LogP contribution in [0.1, 0.15) is 37.6 Å². The molecular weight excluding hydrogens is 590 g/mol. The molecule has 0 bridgehead atoms. The number of nitrogens with one attached hydrogen (secondary N) is 1. The molecule has 2 N–H and O–H groups in total. The molecule has 0 spiro atoms. The third kappa shape index (κ3) is 8.31. The van der Waals surface area contributed by atoms with Gasteiger partial charge in [0.1, 0.15) is 11.6 Å². The van der Waals surface area contributed by atoms with E-state index >= 15 is 0 Å². The quantitative estimate of drug-likeness (QED) is 0.332. The van der Waals surface area contributed by atoms with Crippen LogP contribution in [-0.4, -0.2) is 61.6 Å². The largest absolute Gasteiger partial charge is 0.478 e. The predicted molar refractivity (Wildman–Crippen MR) is 160 cm³/mol. The minimum absolute atomic E-state index is 0. The van der Waals surface area contributed by atoms with E-state index in [1.54, 1.807) is 12.1 Å². The molecule has 8 nitrogen and oxygen atoms in total. The van der Waals surface area contributed by atoms with Crippen LogP contribution in [0.3, 0.4) is 0 Å². The highest BCUT2D eigenvalue weighted by Gasteiger charge is 2.24.